The Morgan fingerprint density at radius 1 is 1.13 bits per heavy atom. The van der Waals surface area contributed by atoms with Gasteiger partial charge < -0.3 is 19.0 Å². The second kappa shape index (κ2) is 10.4. The molecule has 0 spiro atoms. The Morgan fingerprint density at radius 3 is 2.50 bits per heavy atom. The number of morpholine rings is 1. The van der Waals surface area contributed by atoms with Crippen LogP contribution in [-0.4, -0.2) is 53.7 Å². The van der Waals surface area contributed by atoms with E-state index in [-0.39, 0.29) is 23.0 Å². The van der Waals surface area contributed by atoms with Crippen LogP contribution in [0.2, 0.25) is 0 Å². The molecule has 2 aromatic heterocycles. The monoisotopic (exact) mass is 516 g/mol. The van der Waals surface area contributed by atoms with Gasteiger partial charge >= 0.3 is 0 Å². The molecule has 7 nitrogen and oxygen atoms in total. The fraction of sp³-hybridized carbons (Fsp3) is 0.419. The number of carbonyl (C=O) groups excluding carboxylic acids is 1. The van der Waals surface area contributed by atoms with E-state index in [1.54, 1.807) is 19.3 Å². The molecule has 200 valence electrons. The molecule has 0 amide bonds. The number of hydrogen-bond acceptors (Lipinski definition) is 7. The normalized spacial score (nSPS) is 15.7. The number of ketones is 1. The molecule has 0 bridgehead atoms. The van der Waals surface area contributed by atoms with Crippen molar-refractivity contribution < 1.29 is 23.8 Å². The molecule has 0 radical (unpaired) electrons. The smallest absolute Gasteiger partial charge is 0.163 e. The maximum atomic E-state index is 13.0. The van der Waals surface area contributed by atoms with E-state index in [2.05, 4.69) is 30.7 Å². The predicted octanol–water partition coefficient (Wildman–Crippen LogP) is 6.43. The maximum absolute atomic E-state index is 13.0. The molecule has 1 saturated heterocycles. The number of carbonyl (C=O) groups is 1. The quantitative estimate of drug-likeness (QED) is 0.283. The largest absolute Gasteiger partial charge is 0.507 e. The Morgan fingerprint density at radius 2 is 1.84 bits per heavy atom. The molecule has 3 heterocycles. The van der Waals surface area contributed by atoms with Gasteiger partial charge in [-0.2, -0.15) is 0 Å². The Balaban J connectivity index is 1.76. The second-order valence-electron chi connectivity index (χ2n) is 11.3. The number of aromatic hydroxyl groups is 1. The molecule has 0 aliphatic carbocycles. The van der Waals surface area contributed by atoms with Crippen LogP contribution >= 0.6 is 0 Å². The van der Waals surface area contributed by atoms with E-state index in [0.29, 0.717) is 71.9 Å². The number of fused-ring (bicyclic) bond motifs is 3. The third-order valence-electron chi connectivity index (χ3n) is 7.28. The molecule has 1 unspecified atom stereocenters. The van der Waals surface area contributed by atoms with Crippen LogP contribution < -0.4 is 4.74 Å². The lowest BCUT2D eigenvalue weighted by atomic mass is 9.88. The highest BCUT2D eigenvalue weighted by Gasteiger charge is 2.33. The molecule has 5 rings (SSSR count). The minimum atomic E-state index is -0.313. The summed E-state index contributed by atoms with van der Waals surface area (Å²) >= 11 is 0. The molecule has 7 heteroatoms. The van der Waals surface area contributed by atoms with Crippen molar-refractivity contribution in [1.82, 2.24) is 9.88 Å². The summed E-state index contributed by atoms with van der Waals surface area (Å²) in [5.41, 5.74) is 2.90. The van der Waals surface area contributed by atoms with Gasteiger partial charge in [-0.3, -0.25) is 14.7 Å². The van der Waals surface area contributed by atoms with E-state index >= 15 is 0 Å². The number of rotatable bonds is 7. The molecule has 1 atom stereocenters. The van der Waals surface area contributed by atoms with Crippen molar-refractivity contribution in [1.29, 1.82) is 0 Å². The Kier molecular flexibility index (Phi) is 7.16. The third kappa shape index (κ3) is 5.00. The molecular formula is C31H36N2O5. The molecular weight excluding hydrogens is 480 g/mol. The molecule has 0 saturated carbocycles. The minimum Gasteiger partial charge on any atom is -0.507 e. The number of nitrogens with zero attached hydrogens (tertiary/aromatic N) is 2. The first kappa shape index (κ1) is 26.2. The van der Waals surface area contributed by atoms with Gasteiger partial charge in [-0.15, -0.1) is 0 Å². The van der Waals surface area contributed by atoms with Gasteiger partial charge in [-0.05, 0) is 61.6 Å². The first-order valence-corrected chi connectivity index (χ1v) is 13.2. The van der Waals surface area contributed by atoms with Gasteiger partial charge in [0, 0.05) is 47.2 Å². The number of aromatic nitrogens is 1. The van der Waals surface area contributed by atoms with Crippen molar-refractivity contribution in [2.24, 2.45) is 5.41 Å². The molecule has 2 aromatic carbocycles. The number of phenolic OH excluding ortho intramolecular Hbond substituents is 1. The van der Waals surface area contributed by atoms with E-state index in [1.807, 2.05) is 37.3 Å². The van der Waals surface area contributed by atoms with Crippen LogP contribution in [-0.2, 0) is 4.74 Å². The molecule has 38 heavy (non-hydrogen) atoms. The Labute approximate surface area is 223 Å². The summed E-state index contributed by atoms with van der Waals surface area (Å²) in [6.07, 6.45) is 4.42. The predicted molar refractivity (Wildman–Crippen MR) is 148 cm³/mol. The van der Waals surface area contributed by atoms with E-state index in [9.17, 15) is 9.90 Å². The van der Waals surface area contributed by atoms with Crippen LogP contribution in [0.1, 0.15) is 67.4 Å². The van der Waals surface area contributed by atoms with Gasteiger partial charge in [0.25, 0.3) is 0 Å². The van der Waals surface area contributed by atoms with Crippen LogP contribution in [0.4, 0.5) is 0 Å². The molecule has 1 aliphatic heterocycles. The fourth-order valence-corrected chi connectivity index (χ4v) is 5.37. The third-order valence-corrected chi connectivity index (χ3v) is 7.28. The zero-order valence-corrected chi connectivity index (χ0v) is 22.8. The highest BCUT2D eigenvalue weighted by atomic mass is 16.5. The van der Waals surface area contributed by atoms with Crippen LogP contribution in [0.3, 0.4) is 0 Å². The van der Waals surface area contributed by atoms with Gasteiger partial charge in [-0.25, -0.2) is 0 Å². The summed E-state index contributed by atoms with van der Waals surface area (Å²) in [6, 6.07) is 9.29. The van der Waals surface area contributed by atoms with Crippen molar-refractivity contribution in [3.05, 3.63) is 65.2 Å². The van der Waals surface area contributed by atoms with Gasteiger partial charge in [0.2, 0.25) is 0 Å². The highest BCUT2D eigenvalue weighted by molar-refractivity contribution is 6.18. The number of ether oxygens (including phenoxy) is 2. The summed E-state index contributed by atoms with van der Waals surface area (Å²) in [4.78, 5) is 19.5. The first-order chi connectivity index (χ1) is 18.2. The molecule has 4 aromatic rings. The minimum absolute atomic E-state index is 0.103. The Bertz CT molecular complexity index is 1460. The fourth-order valence-electron chi connectivity index (χ4n) is 5.37. The van der Waals surface area contributed by atoms with E-state index in [1.165, 1.54) is 0 Å². The average molecular weight is 517 g/mol. The highest BCUT2D eigenvalue weighted by Crippen LogP contribution is 2.48. The van der Waals surface area contributed by atoms with E-state index in [0.717, 1.165) is 17.4 Å². The van der Waals surface area contributed by atoms with Crippen LogP contribution in [0.25, 0.3) is 21.7 Å². The zero-order valence-electron chi connectivity index (χ0n) is 22.8. The van der Waals surface area contributed by atoms with Crippen molar-refractivity contribution in [2.75, 3.05) is 32.9 Å². The first-order valence-electron chi connectivity index (χ1n) is 13.2. The van der Waals surface area contributed by atoms with Crippen LogP contribution in [0, 0.1) is 12.3 Å². The van der Waals surface area contributed by atoms with Gasteiger partial charge in [0.15, 0.2) is 5.78 Å². The summed E-state index contributed by atoms with van der Waals surface area (Å²) in [5, 5.41) is 14.0. The van der Waals surface area contributed by atoms with Crippen LogP contribution in [0.15, 0.2) is 47.1 Å². The Hall–Kier alpha value is -3.42. The number of aryl methyl sites for hydroxylation is 1. The summed E-state index contributed by atoms with van der Waals surface area (Å²) in [7, 11) is 0. The lowest BCUT2D eigenvalue weighted by Gasteiger charge is -2.36. The summed E-state index contributed by atoms with van der Waals surface area (Å²) in [6.45, 7) is 13.1. The molecule has 1 fully saturated rings. The van der Waals surface area contributed by atoms with Gasteiger partial charge in [-0.1, -0.05) is 20.8 Å². The summed E-state index contributed by atoms with van der Waals surface area (Å²) < 4.78 is 18.0. The van der Waals surface area contributed by atoms with Crippen molar-refractivity contribution in [3.63, 3.8) is 0 Å². The average Bonchev–Trinajstić information content (AvgIpc) is 3.24. The SMILES string of the molecule is CC(=O)c1c(C)oc2c1c(C(c1ccncc1)N1CCOCC1)c(O)c1ccc(OCCC(C)(C)C)cc12. The van der Waals surface area contributed by atoms with Gasteiger partial charge in [0.05, 0.1) is 31.4 Å². The number of phenols is 1. The van der Waals surface area contributed by atoms with Crippen molar-refractivity contribution >= 4 is 27.5 Å². The lowest BCUT2D eigenvalue weighted by molar-refractivity contribution is 0.0238. The van der Waals surface area contributed by atoms with E-state index in [4.69, 9.17) is 13.9 Å². The number of pyridine rings is 1. The van der Waals surface area contributed by atoms with Crippen molar-refractivity contribution in [3.8, 4) is 11.5 Å². The standard InChI is InChI=1S/C31H36N2O5/c1-19(34)25-20(2)38-30-24-18-22(37-15-10-31(3,4)5)6-7-23(24)29(35)27(26(25)30)28(21-8-11-32-12-9-21)33-13-16-36-17-14-33/h6-9,11-12,18,28,35H,10,13-17H2,1-5H3. The molecule has 1 N–H and O–H groups in total. The number of hydrogen-bond donors (Lipinski definition) is 1. The topological polar surface area (TPSA) is 85.0 Å². The van der Waals surface area contributed by atoms with Crippen LogP contribution in [0.5, 0.6) is 11.5 Å². The second-order valence-corrected chi connectivity index (χ2v) is 11.3. The summed E-state index contributed by atoms with van der Waals surface area (Å²) in [5.74, 6) is 1.28. The zero-order chi connectivity index (χ0) is 27.0. The van der Waals surface area contributed by atoms with Crippen molar-refractivity contribution in [2.45, 2.75) is 47.1 Å². The molecule has 1 aliphatic rings. The number of benzene rings is 2. The number of furan rings is 1. The van der Waals surface area contributed by atoms with Gasteiger partial charge in [0.1, 0.15) is 22.8 Å². The lowest BCUT2D eigenvalue weighted by Crippen LogP contribution is -2.39. The maximum Gasteiger partial charge on any atom is 0.163 e. The number of Topliss-reactive ketones (excluding diaryl/α,β-unsaturated/α-hetero) is 1. The van der Waals surface area contributed by atoms with E-state index < -0.39 is 0 Å².